The molecular formula is C19H15ClN4O4. The molecule has 0 aliphatic carbocycles. The summed E-state index contributed by atoms with van der Waals surface area (Å²) in [6.45, 7) is 0.442. The predicted molar refractivity (Wildman–Crippen MR) is 103 cm³/mol. The average molecular weight is 399 g/mol. The van der Waals surface area contributed by atoms with Gasteiger partial charge in [0.05, 0.1) is 16.2 Å². The number of halogens is 1. The summed E-state index contributed by atoms with van der Waals surface area (Å²) in [4.78, 5) is 38.1. The molecule has 0 saturated carbocycles. The molecule has 142 valence electrons. The molecule has 2 heterocycles. The molecule has 2 aromatic carbocycles. The molecule has 1 aromatic heterocycles. The fourth-order valence-electron chi connectivity index (χ4n) is 3.28. The maximum Gasteiger partial charge on any atom is 0.357 e. The van der Waals surface area contributed by atoms with E-state index >= 15 is 0 Å². The van der Waals surface area contributed by atoms with Gasteiger partial charge in [0.1, 0.15) is 6.04 Å². The van der Waals surface area contributed by atoms with Crippen LogP contribution in [0.15, 0.2) is 42.5 Å². The molecule has 1 saturated heterocycles. The minimum absolute atomic E-state index is 0.161. The van der Waals surface area contributed by atoms with Crippen molar-refractivity contribution in [3.8, 4) is 0 Å². The first-order valence-electron chi connectivity index (χ1n) is 8.54. The number of carbonyl (C=O) groups is 3. The number of anilines is 1. The number of hydrogen-bond acceptors (Lipinski definition) is 4. The largest absolute Gasteiger partial charge is 0.476 e. The number of nitrogens with zero attached hydrogens (tertiary/aromatic N) is 2. The molecule has 1 fully saturated rings. The van der Waals surface area contributed by atoms with Gasteiger partial charge in [-0.25, -0.2) is 4.79 Å². The molecular weight excluding hydrogens is 384 g/mol. The van der Waals surface area contributed by atoms with E-state index in [1.807, 2.05) is 0 Å². The minimum Gasteiger partial charge on any atom is -0.476 e. The standard InChI is InChI=1S/C19H15ClN4O4/c20-12-3-1-2-4-15(12)24-8-7-14(18(24)26)21-17(25)10-5-6-13-11(9-10)16(19(27)28)23-22-13/h1-6,9,14H,7-8H2,(H,21,25)(H,22,23)(H,27,28). The van der Waals surface area contributed by atoms with Crippen LogP contribution < -0.4 is 10.2 Å². The highest BCUT2D eigenvalue weighted by atomic mass is 35.5. The van der Waals surface area contributed by atoms with E-state index in [-0.39, 0.29) is 17.2 Å². The number of para-hydroxylation sites is 1. The molecule has 9 heteroatoms. The lowest BCUT2D eigenvalue weighted by molar-refractivity contribution is -0.118. The third-order valence-electron chi connectivity index (χ3n) is 4.68. The van der Waals surface area contributed by atoms with Gasteiger partial charge in [0.2, 0.25) is 5.91 Å². The Labute approximate surface area is 164 Å². The van der Waals surface area contributed by atoms with Crippen molar-refractivity contribution >= 4 is 46.0 Å². The van der Waals surface area contributed by atoms with Crippen molar-refractivity contribution in [1.82, 2.24) is 15.5 Å². The van der Waals surface area contributed by atoms with Gasteiger partial charge in [0, 0.05) is 17.5 Å². The molecule has 2 amide bonds. The van der Waals surface area contributed by atoms with Crippen molar-refractivity contribution in [2.24, 2.45) is 0 Å². The third-order valence-corrected chi connectivity index (χ3v) is 5.00. The number of aromatic amines is 1. The van der Waals surface area contributed by atoms with Crippen LogP contribution in [-0.2, 0) is 4.79 Å². The number of benzene rings is 2. The van der Waals surface area contributed by atoms with E-state index in [2.05, 4.69) is 15.5 Å². The van der Waals surface area contributed by atoms with E-state index in [0.29, 0.717) is 34.6 Å². The fraction of sp³-hybridized carbons (Fsp3) is 0.158. The molecule has 1 aliphatic heterocycles. The Morgan fingerprint density at radius 1 is 1.25 bits per heavy atom. The van der Waals surface area contributed by atoms with Gasteiger partial charge in [0.25, 0.3) is 5.91 Å². The fourth-order valence-corrected chi connectivity index (χ4v) is 3.52. The molecule has 28 heavy (non-hydrogen) atoms. The zero-order valence-corrected chi connectivity index (χ0v) is 15.2. The predicted octanol–water partition coefficient (Wildman–Crippen LogP) is 2.45. The number of carbonyl (C=O) groups excluding carboxylic acids is 2. The van der Waals surface area contributed by atoms with Crippen LogP contribution in [0, 0.1) is 0 Å². The summed E-state index contributed by atoms with van der Waals surface area (Å²) in [5, 5.41) is 19.0. The normalized spacial score (nSPS) is 16.5. The van der Waals surface area contributed by atoms with E-state index in [9.17, 15) is 19.5 Å². The molecule has 1 aliphatic rings. The Morgan fingerprint density at radius 2 is 2.04 bits per heavy atom. The smallest absolute Gasteiger partial charge is 0.357 e. The lowest BCUT2D eigenvalue weighted by Gasteiger charge is -2.18. The molecule has 3 N–H and O–H groups in total. The van der Waals surface area contributed by atoms with Gasteiger partial charge in [-0.2, -0.15) is 5.10 Å². The summed E-state index contributed by atoms with van der Waals surface area (Å²) in [6.07, 6.45) is 0.449. The summed E-state index contributed by atoms with van der Waals surface area (Å²) in [6, 6.07) is 10.9. The monoisotopic (exact) mass is 398 g/mol. The summed E-state index contributed by atoms with van der Waals surface area (Å²) in [5.74, 6) is -1.89. The van der Waals surface area contributed by atoms with Crippen LogP contribution >= 0.6 is 11.6 Å². The van der Waals surface area contributed by atoms with Crippen LogP contribution in [0.3, 0.4) is 0 Å². The molecule has 0 bridgehead atoms. The molecule has 0 radical (unpaired) electrons. The zero-order valence-electron chi connectivity index (χ0n) is 14.5. The summed E-state index contributed by atoms with van der Waals surface area (Å²) < 4.78 is 0. The van der Waals surface area contributed by atoms with Crippen molar-refractivity contribution < 1.29 is 19.5 Å². The number of fused-ring (bicyclic) bond motifs is 1. The molecule has 0 spiro atoms. The Balaban J connectivity index is 1.53. The van der Waals surface area contributed by atoms with Crippen LogP contribution in [0.5, 0.6) is 0 Å². The number of aromatic carboxylic acids is 1. The number of aromatic nitrogens is 2. The molecule has 1 unspecified atom stereocenters. The number of nitrogens with one attached hydrogen (secondary N) is 2. The minimum atomic E-state index is -1.19. The SMILES string of the molecule is O=C(NC1CCN(c2ccccc2Cl)C1=O)c1ccc2[nH]nc(C(=O)O)c2c1. The van der Waals surface area contributed by atoms with Crippen molar-refractivity contribution in [1.29, 1.82) is 0 Å². The Bertz CT molecular complexity index is 1110. The molecule has 4 rings (SSSR count). The van der Waals surface area contributed by atoms with Gasteiger partial charge in [-0.05, 0) is 36.8 Å². The first-order chi connectivity index (χ1) is 13.5. The molecule has 8 nitrogen and oxygen atoms in total. The van der Waals surface area contributed by atoms with Gasteiger partial charge in [-0.15, -0.1) is 0 Å². The first kappa shape index (κ1) is 18.0. The van der Waals surface area contributed by atoms with Gasteiger partial charge in [-0.1, -0.05) is 23.7 Å². The highest BCUT2D eigenvalue weighted by Gasteiger charge is 2.34. The van der Waals surface area contributed by atoms with Crippen molar-refractivity contribution in [2.75, 3.05) is 11.4 Å². The highest BCUT2D eigenvalue weighted by molar-refractivity contribution is 6.34. The van der Waals surface area contributed by atoms with Crippen molar-refractivity contribution in [2.45, 2.75) is 12.5 Å². The van der Waals surface area contributed by atoms with Gasteiger partial charge in [-0.3, -0.25) is 14.7 Å². The van der Waals surface area contributed by atoms with E-state index in [1.54, 1.807) is 41.3 Å². The number of rotatable bonds is 4. The van der Waals surface area contributed by atoms with Gasteiger partial charge in [0.15, 0.2) is 5.69 Å². The first-order valence-corrected chi connectivity index (χ1v) is 8.91. The summed E-state index contributed by atoms with van der Waals surface area (Å²) >= 11 is 6.17. The van der Waals surface area contributed by atoms with Crippen molar-refractivity contribution in [3.05, 3.63) is 58.7 Å². The highest BCUT2D eigenvalue weighted by Crippen LogP contribution is 2.29. The van der Waals surface area contributed by atoms with Crippen LogP contribution in [0.1, 0.15) is 27.3 Å². The number of hydrogen-bond donors (Lipinski definition) is 3. The van der Waals surface area contributed by atoms with Crippen LogP contribution in [0.25, 0.3) is 10.9 Å². The van der Waals surface area contributed by atoms with Crippen LogP contribution in [-0.4, -0.2) is 45.7 Å². The van der Waals surface area contributed by atoms with E-state index in [1.165, 1.54) is 6.07 Å². The van der Waals surface area contributed by atoms with Crippen molar-refractivity contribution in [3.63, 3.8) is 0 Å². The summed E-state index contributed by atoms with van der Waals surface area (Å²) in [7, 11) is 0. The lowest BCUT2D eigenvalue weighted by atomic mass is 10.1. The Morgan fingerprint density at radius 3 is 2.79 bits per heavy atom. The van der Waals surface area contributed by atoms with Crippen LogP contribution in [0.4, 0.5) is 5.69 Å². The number of carboxylic acid groups (broad SMARTS) is 1. The second kappa shape index (κ2) is 6.97. The topological polar surface area (TPSA) is 115 Å². The van der Waals surface area contributed by atoms with Gasteiger partial charge >= 0.3 is 5.97 Å². The maximum absolute atomic E-state index is 12.7. The average Bonchev–Trinajstić information content (AvgIpc) is 3.26. The van der Waals surface area contributed by atoms with Crippen LogP contribution in [0.2, 0.25) is 5.02 Å². The quantitative estimate of drug-likeness (QED) is 0.624. The number of H-pyrrole nitrogens is 1. The zero-order chi connectivity index (χ0) is 19.8. The Hall–Kier alpha value is -3.39. The van der Waals surface area contributed by atoms with E-state index in [4.69, 9.17) is 11.6 Å². The second-order valence-electron chi connectivity index (χ2n) is 6.39. The molecule has 3 aromatic rings. The second-order valence-corrected chi connectivity index (χ2v) is 6.80. The Kier molecular flexibility index (Phi) is 4.48. The third kappa shape index (κ3) is 3.07. The maximum atomic E-state index is 12.7. The van der Waals surface area contributed by atoms with E-state index in [0.717, 1.165) is 0 Å². The number of carboxylic acids is 1. The molecule has 1 atom stereocenters. The lowest BCUT2D eigenvalue weighted by Crippen LogP contribution is -2.41. The number of amides is 2. The van der Waals surface area contributed by atoms with Gasteiger partial charge < -0.3 is 15.3 Å². The summed E-state index contributed by atoms with van der Waals surface area (Å²) in [5.41, 5.74) is 1.21. The van der Waals surface area contributed by atoms with E-state index < -0.39 is 17.9 Å².